The fourth-order valence-electron chi connectivity index (χ4n) is 4.39. The normalized spacial score (nSPS) is 30.7. The van der Waals surface area contributed by atoms with Crippen molar-refractivity contribution in [3.05, 3.63) is 36.3 Å². The predicted octanol–water partition coefficient (Wildman–Crippen LogP) is 1.09. The number of rotatable bonds is 3. The molecule has 2 bridgehead atoms. The van der Waals surface area contributed by atoms with Gasteiger partial charge in [-0.25, -0.2) is 0 Å². The maximum absolute atomic E-state index is 12.9. The van der Waals surface area contributed by atoms with E-state index in [-0.39, 0.29) is 23.7 Å². The average Bonchev–Trinajstić information content (AvgIpc) is 3.36. The first-order chi connectivity index (χ1) is 12.1. The average molecular weight is 344 g/mol. The molecule has 25 heavy (non-hydrogen) atoms. The van der Waals surface area contributed by atoms with Crippen molar-refractivity contribution in [2.45, 2.75) is 6.42 Å². The molecule has 1 N–H and O–H groups in total. The molecule has 4 atom stereocenters. The molecule has 1 saturated carbocycles. The lowest BCUT2D eigenvalue weighted by Crippen LogP contribution is -2.53. The second-order valence-corrected chi connectivity index (χ2v) is 6.93. The Morgan fingerprint density at radius 1 is 1.00 bits per heavy atom. The molecule has 0 unspecified atom stereocenters. The van der Waals surface area contributed by atoms with E-state index in [0.29, 0.717) is 31.9 Å². The Labute approximate surface area is 144 Å². The van der Waals surface area contributed by atoms with Crippen molar-refractivity contribution in [2.24, 2.45) is 23.7 Å². The lowest BCUT2D eigenvalue weighted by Gasteiger charge is -2.37. The molecule has 1 saturated heterocycles. The third-order valence-corrected chi connectivity index (χ3v) is 5.64. The number of nitrogens with zero attached hydrogens (tertiary/aromatic N) is 2. The van der Waals surface area contributed by atoms with Crippen molar-refractivity contribution in [2.75, 3.05) is 26.2 Å². The van der Waals surface area contributed by atoms with Crippen LogP contribution < -0.4 is 0 Å². The van der Waals surface area contributed by atoms with Gasteiger partial charge in [0.25, 0.3) is 5.91 Å². The number of amides is 2. The van der Waals surface area contributed by atoms with Crippen LogP contribution in [0, 0.1) is 23.7 Å². The summed E-state index contributed by atoms with van der Waals surface area (Å²) in [5.41, 5.74) is 0. The molecule has 2 amide bonds. The van der Waals surface area contributed by atoms with Gasteiger partial charge in [-0.2, -0.15) is 0 Å². The number of piperazine rings is 1. The fourth-order valence-corrected chi connectivity index (χ4v) is 4.39. The molecule has 4 rings (SSSR count). The number of fused-ring (bicyclic) bond motifs is 2. The molecule has 7 heteroatoms. The molecule has 3 aliphatic rings. The van der Waals surface area contributed by atoms with Gasteiger partial charge in [-0.3, -0.25) is 14.4 Å². The smallest absolute Gasteiger partial charge is 0.307 e. The van der Waals surface area contributed by atoms with Gasteiger partial charge in [-0.15, -0.1) is 0 Å². The molecule has 1 aliphatic heterocycles. The monoisotopic (exact) mass is 344 g/mol. The van der Waals surface area contributed by atoms with Crippen LogP contribution in [0.15, 0.2) is 35.0 Å². The van der Waals surface area contributed by atoms with Crippen LogP contribution in [0.25, 0.3) is 0 Å². The van der Waals surface area contributed by atoms with Crippen LogP contribution in [-0.4, -0.2) is 58.9 Å². The summed E-state index contributed by atoms with van der Waals surface area (Å²) in [6, 6.07) is 3.29. The van der Waals surface area contributed by atoms with Crippen LogP contribution in [0.3, 0.4) is 0 Å². The minimum absolute atomic E-state index is 0.0291. The number of carbonyl (C=O) groups is 3. The zero-order valence-electron chi connectivity index (χ0n) is 13.7. The van der Waals surface area contributed by atoms with E-state index in [1.54, 1.807) is 21.9 Å². The Kier molecular flexibility index (Phi) is 3.86. The minimum Gasteiger partial charge on any atom is -0.481 e. The lowest BCUT2D eigenvalue weighted by molar-refractivity contribution is -0.151. The Hall–Kier alpha value is -2.57. The molecule has 2 heterocycles. The highest BCUT2D eigenvalue weighted by Crippen LogP contribution is 2.48. The highest BCUT2D eigenvalue weighted by molar-refractivity contribution is 5.92. The second kappa shape index (κ2) is 6.06. The SMILES string of the molecule is O=C(O)[C@@H]1[C@@H](C(=O)N2CCN(C(=O)c3ccco3)CC2)[C@H]2C=C[C@H]1C2. The molecular weight excluding hydrogens is 324 g/mol. The summed E-state index contributed by atoms with van der Waals surface area (Å²) in [7, 11) is 0. The molecule has 0 radical (unpaired) electrons. The number of carbonyl (C=O) groups excluding carboxylic acids is 2. The zero-order chi connectivity index (χ0) is 17.6. The van der Waals surface area contributed by atoms with E-state index in [4.69, 9.17) is 4.42 Å². The van der Waals surface area contributed by atoms with Crippen molar-refractivity contribution in [1.29, 1.82) is 0 Å². The van der Waals surface area contributed by atoms with Crippen LogP contribution in [0.5, 0.6) is 0 Å². The number of carboxylic acids is 1. The first kappa shape index (κ1) is 15.9. The summed E-state index contributed by atoms with van der Waals surface area (Å²) in [6.45, 7) is 1.71. The van der Waals surface area contributed by atoms with Gasteiger partial charge >= 0.3 is 5.97 Å². The molecule has 2 fully saturated rings. The van der Waals surface area contributed by atoms with Crippen LogP contribution >= 0.6 is 0 Å². The van der Waals surface area contributed by atoms with Gasteiger partial charge in [0.1, 0.15) is 0 Å². The predicted molar refractivity (Wildman–Crippen MR) is 86.5 cm³/mol. The Morgan fingerprint density at radius 3 is 2.24 bits per heavy atom. The first-order valence-corrected chi connectivity index (χ1v) is 8.59. The van der Waals surface area contributed by atoms with Gasteiger partial charge in [-0.1, -0.05) is 12.2 Å². The van der Waals surface area contributed by atoms with E-state index in [1.807, 2.05) is 12.2 Å². The van der Waals surface area contributed by atoms with Crippen molar-refractivity contribution >= 4 is 17.8 Å². The number of aliphatic carboxylic acids is 1. The van der Waals surface area contributed by atoms with Crippen LogP contribution in [0.2, 0.25) is 0 Å². The van der Waals surface area contributed by atoms with E-state index in [1.165, 1.54) is 6.26 Å². The van der Waals surface area contributed by atoms with E-state index < -0.39 is 17.8 Å². The summed E-state index contributed by atoms with van der Waals surface area (Å²) in [5, 5.41) is 9.51. The van der Waals surface area contributed by atoms with Crippen LogP contribution in [0.4, 0.5) is 0 Å². The van der Waals surface area contributed by atoms with Crippen molar-refractivity contribution in [3.8, 4) is 0 Å². The Bertz CT molecular complexity index is 718. The van der Waals surface area contributed by atoms with Crippen molar-refractivity contribution < 1.29 is 23.9 Å². The Morgan fingerprint density at radius 2 is 1.64 bits per heavy atom. The number of carboxylic acid groups (broad SMARTS) is 1. The molecule has 7 nitrogen and oxygen atoms in total. The summed E-state index contributed by atoms with van der Waals surface area (Å²) in [4.78, 5) is 40.2. The highest BCUT2D eigenvalue weighted by atomic mass is 16.4. The lowest BCUT2D eigenvalue weighted by atomic mass is 9.82. The summed E-state index contributed by atoms with van der Waals surface area (Å²) in [6.07, 6.45) is 6.14. The van der Waals surface area contributed by atoms with Crippen molar-refractivity contribution in [3.63, 3.8) is 0 Å². The molecule has 0 aromatic carbocycles. The van der Waals surface area contributed by atoms with Gasteiger partial charge in [0, 0.05) is 26.2 Å². The standard InChI is InChI=1S/C18H20N2O5/c21-16(13-2-1-9-25-13)19-5-7-20(8-6-19)17(22)14-11-3-4-12(10-11)15(14)18(23)24/h1-4,9,11-12,14-15H,5-8,10H2,(H,23,24)/t11-,12-,14-,15-/m0/s1. The van der Waals surface area contributed by atoms with Crippen molar-refractivity contribution in [1.82, 2.24) is 9.80 Å². The molecule has 1 aromatic heterocycles. The maximum Gasteiger partial charge on any atom is 0.307 e. The second-order valence-electron chi connectivity index (χ2n) is 6.93. The number of allylic oxidation sites excluding steroid dienone is 2. The van der Waals surface area contributed by atoms with E-state index in [0.717, 1.165) is 6.42 Å². The fraction of sp³-hybridized carbons (Fsp3) is 0.500. The van der Waals surface area contributed by atoms with Gasteiger partial charge in [0.05, 0.1) is 18.1 Å². The molecule has 2 aliphatic carbocycles. The van der Waals surface area contributed by atoms with Gasteiger partial charge in [-0.05, 0) is 30.4 Å². The maximum atomic E-state index is 12.9. The van der Waals surface area contributed by atoms with Crippen LogP contribution in [0.1, 0.15) is 17.0 Å². The number of hydrogen-bond donors (Lipinski definition) is 1. The molecule has 132 valence electrons. The number of furan rings is 1. The third kappa shape index (κ3) is 2.63. The zero-order valence-corrected chi connectivity index (χ0v) is 13.7. The summed E-state index contributed by atoms with van der Waals surface area (Å²) in [5.74, 6) is -1.95. The van der Waals surface area contributed by atoms with Gasteiger partial charge in [0.2, 0.25) is 5.91 Å². The third-order valence-electron chi connectivity index (χ3n) is 5.64. The molecule has 1 aromatic rings. The molecular formula is C18H20N2O5. The largest absolute Gasteiger partial charge is 0.481 e. The quantitative estimate of drug-likeness (QED) is 0.829. The topological polar surface area (TPSA) is 91.1 Å². The first-order valence-electron chi connectivity index (χ1n) is 8.59. The van der Waals surface area contributed by atoms with E-state index in [9.17, 15) is 19.5 Å². The Balaban J connectivity index is 1.41. The molecule has 0 spiro atoms. The van der Waals surface area contributed by atoms with E-state index >= 15 is 0 Å². The van der Waals surface area contributed by atoms with Gasteiger partial charge in [0.15, 0.2) is 5.76 Å². The van der Waals surface area contributed by atoms with Gasteiger partial charge < -0.3 is 19.3 Å². The van der Waals surface area contributed by atoms with Crippen LogP contribution in [-0.2, 0) is 9.59 Å². The summed E-state index contributed by atoms with van der Waals surface area (Å²) < 4.78 is 5.13. The van der Waals surface area contributed by atoms with E-state index in [2.05, 4.69) is 0 Å². The highest BCUT2D eigenvalue weighted by Gasteiger charge is 2.52. The summed E-state index contributed by atoms with van der Waals surface area (Å²) >= 11 is 0. The minimum atomic E-state index is -0.887. The number of hydrogen-bond acceptors (Lipinski definition) is 4.